The molecule has 0 saturated carbocycles. The first kappa shape index (κ1) is 18.5. The first-order valence-corrected chi connectivity index (χ1v) is 9.65. The molecule has 0 spiro atoms. The van der Waals surface area contributed by atoms with Crippen LogP contribution in [0.25, 0.3) is 0 Å². The van der Waals surface area contributed by atoms with Gasteiger partial charge in [-0.15, -0.1) is 0 Å². The van der Waals surface area contributed by atoms with Gasteiger partial charge in [0.1, 0.15) is 0 Å². The molecule has 0 aromatic heterocycles. The van der Waals surface area contributed by atoms with Gasteiger partial charge in [-0.2, -0.15) is 0 Å². The number of hydrogen-bond acceptors (Lipinski definition) is 5. The molecule has 1 atom stereocenters. The largest absolute Gasteiger partial charge is 0.493 e. The normalized spacial score (nSPS) is 18.0. The number of amides is 1. The van der Waals surface area contributed by atoms with Crippen molar-refractivity contribution in [2.75, 3.05) is 40.1 Å². The molecule has 1 saturated heterocycles. The Morgan fingerprint density at radius 3 is 2.58 bits per heavy atom. The number of methoxy groups -OCH3 is 2. The van der Waals surface area contributed by atoms with Crippen molar-refractivity contribution in [2.24, 2.45) is 5.92 Å². The fourth-order valence-electron chi connectivity index (χ4n) is 2.78. The Morgan fingerprint density at radius 1 is 1.25 bits per heavy atom. The number of sulfonamides is 1. The van der Waals surface area contributed by atoms with Crippen molar-refractivity contribution in [1.82, 2.24) is 9.62 Å². The summed E-state index contributed by atoms with van der Waals surface area (Å²) in [6.45, 7) is 1.48. The lowest BCUT2D eigenvalue weighted by Crippen LogP contribution is -2.31. The maximum Gasteiger partial charge on any atom is 0.222 e. The average molecular weight is 356 g/mol. The van der Waals surface area contributed by atoms with E-state index in [-0.39, 0.29) is 11.8 Å². The highest BCUT2D eigenvalue weighted by Crippen LogP contribution is 2.28. The maximum atomic E-state index is 12.1. The number of likely N-dealkylation sites (tertiary alicyclic amines) is 1. The molecule has 1 aliphatic rings. The SMILES string of the molecule is COc1ccc(CCN2CC(CNS(C)(=O)=O)CC2=O)cc1OC. The van der Waals surface area contributed by atoms with Crippen LogP contribution in [0.15, 0.2) is 18.2 Å². The highest BCUT2D eigenvalue weighted by molar-refractivity contribution is 7.88. The summed E-state index contributed by atoms with van der Waals surface area (Å²) in [5.41, 5.74) is 1.05. The van der Waals surface area contributed by atoms with Gasteiger partial charge in [-0.1, -0.05) is 6.07 Å². The third-order valence-electron chi connectivity index (χ3n) is 4.05. The zero-order valence-corrected chi connectivity index (χ0v) is 15.1. The number of nitrogens with one attached hydrogen (secondary N) is 1. The quantitative estimate of drug-likeness (QED) is 0.739. The highest BCUT2D eigenvalue weighted by atomic mass is 32.2. The van der Waals surface area contributed by atoms with E-state index in [1.165, 1.54) is 0 Å². The molecule has 2 rings (SSSR count). The molecule has 1 amide bonds. The average Bonchev–Trinajstić information content (AvgIpc) is 2.90. The van der Waals surface area contributed by atoms with Crippen molar-refractivity contribution in [1.29, 1.82) is 0 Å². The fraction of sp³-hybridized carbons (Fsp3) is 0.562. The predicted molar refractivity (Wildman–Crippen MR) is 90.8 cm³/mol. The number of benzene rings is 1. The molecule has 7 nitrogen and oxygen atoms in total. The summed E-state index contributed by atoms with van der Waals surface area (Å²) in [7, 11) is -0.0450. The summed E-state index contributed by atoms with van der Waals surface area (Å²) in [6.07, 6.45) is 2.21. The second-order valence-corrected chi connectivity index (χ2v) is 7.80. The predicted octanol–water partition coefficient (Wildman–Crippen LogP) is 0.644. The third-order valence-corrected chi connectivity index (χ3v) is 4.74. The van der Waals surface area contributed by atoms with Crippen LogP contribution in [-0.4, -0.2) is 59.3 Å². The molecule has 1 heterocycles. The smallest absolute Gasteiger partial charge is 0.222 e. The number of carbonyl (C=O) groups is 1. The molecule has 0 bridgehead atoms. The minimum atomic E-state index is -3.22. The van der Waals surface area contributed by atoms with Crippen LogP contribution in [0, 0.1) is 5.92 Å². The summed E-state index contributed by atoms with van der Waals surface area (Å²) in [6, 6.07) is 5.70. The standard InChI is InChI=1S/C16H24N2O5S/c1-22-14-5-4-12(8-15(14)23-2)6-7-18-11-13(9-16(18)19)10-17-24(3,20)21/h4-5,8,13,17H,6-7,9-11H2,1-3H3. The van der Waals surface area contributed by atoms with E-state index in [4.69, 9.17) is 9.47 Å². The van der Waals surface area contributed by atoms with Gasteiger partial charge in [0, 0.05) is 26.1 Å². The van der Waals surface area contributed by atoms with Crippen LogP contribution in [0.3, 0.4) is 0 Å². The Kier molecular flexibility index (Phi) is 6.06. The van der Waals surface area contributed by atoms with Gasteiger partial charge in [-0.25, -0.2) is 13.1 Å². The molecule has 0 radical (unpaired) electrons. The molecule has 1 aliphatic heterocycles. The van der Waals surface area contributed by atoms with E-state index in [0.717, 1.165) is 11.8 Å². The van der Waals surface area contributed by atoms with Gasteiger partial charge in [-0.05, 0) is 30.0 Å². The minimum absolute atomic E-state index is 0.0256. The second-order valence-electron chi connectivity index (χ2n) is 5.97. The molecule has 1 aromatic rings. The third kappa shape index (κ3) is 5.10. The summed E-state index contributed by atoms with van der Waals surface area (Å²) >= 11 is 0. The summed E-state index contributed by atoms with van der Waals surface area (Å²) in [5.74, 6) is 1.43. The van der Waals surface area contributed by atoms with Crippen LogP contribution in [0.4, 0.5) is 0 Å². The number of nitrogens with zero attached hydrogens (tertiary/aromatic N) is 1. The van der Waals surface area contributed by atoms with Crippen molar-refractivity contribution >= 4 is 15.9 Å². The Labute approximate surface area is 143 Å². The number of ether oxygens (including phenoxy) is 2. The molecule has 134 valence electrons. The molecular weight excluding hydrogens is 332 g/mol. The fourth-order valence-corrected chi connectivity index (χ4v) is 3.31. The van der Waals surface area contributed by atoms with Gasteiger partial charge in [0.25, 0.3) is 0 Å². The Bertz CT molecular complexity index is 690. The van der Waals surface area contributed by atoms with Crippen molar-refractivity contribution in [3.05, 3.63) is 23.8 Å². The van der Waals surface area contributed by atoms with E-state index >= 15 is 0 Å². The van der Waals surface area contributed by atoms with Crippen LogP contribution in [-0.2, 0) is 21.2 Å². The lowest BCUT2D eigenvalue weighted by Gasteiger charge is -2.17. The van der Waals surface area contributed by atoms with Gasteiger partial charge in [0.2, 0.25) is 15.9 Å². The van der Waals surface area contributed by atoms with Gasteiger partial charge in [-0.3, -0.25) is 4.79 Å². The Morgan fingerprint density at radius 2 is 1.96 bits per heavy atom. The Hall–Kier alpha value is -1.80. The van der Waals surface area contributed by atoms with Crippen molar-refractivity contribution in [2.45, 2.75) is 12.8 Å². The van der Waals surface area contributed by atoms with Crippen molar-refractivity contribution in [3.8, 4) is 11.5 Å². The topological polar surface area (TPSA) is 84.9 Å². The molecule has 1 aromatic carbocycles. The van der Waals surface area contributed by atoms with E-state index < -0.39 is 10.0 Å². The van der Waals surface area contributed by atoms with E-state index in [1.54, 1.807) is 19.1 Å². The van der Waals surface area contributed by atoms with Crippen molar-refractivity contribution < 1.29 is 22.7 Å². The molecule has 1 fully saturated rings. The van der Waals surface area contributed by atoms with Crippen LogP contribution < -0.4 is 14.2 Å². The molecule has 1 unspecified atom stereocenters. The summed E-state index contributed by atoms with van der Waals surface area (Å²) in [5, 5.41) is 0. The van der Waals surface area contributed by atoms with E-state index in [2.05, 4.69) is 4.72 Å². The van der Waals surface area contributed by atoms with Gasteiger partial charge < -0.3 is 14.4 Å². The monoisotopic (exact) mass is 356 g/mol. The number of rotatable bonds is 8. The van der Waals surface area contributed by atoms with Crippen LogP contribution in [0.5, 0.6) is 11.5 Å². The van der Waals surface area contributed by atoms with Gasteiger partial charge in [0.15, 0.2) is 11.5 Å². The van der Waals surface area contributed by atoms with Gasteiger partial charge >= 0.3 is 0 Å². The molecule has 24 heavy (non-hydrogen) atoms. The van der Waals surface area contributed by atoms with E-state index in [0.29, 0.717) is 44.0 Å². The van der Waals surface area contributed by atoms with E-state index in [1.807, 2.05) is 18.2 Å². The van der Waals surface area contributed by atoms with Crippen LogP contribution >= 0.6 is 0 Å². The highest BCUT2D eigenvalue weighted by Gasteiger charge is 2.29. The lowest BCUT2D eigenvalue weighted by molar-refractivity contribution is -0.127. The molecule has 8 heteroatoms. The summed E-state index contributed by atoms with van der Waals surface area (Å²) in [4.78, 5) is 13.8. The number of hydrogen-bond donors (Lipinski definition) is 1. The minimum Gasteiger partial charge on any atom is -0.493 e. The Balaban J connectivity index is 1.89. The first-order chi connectivity index (χ1) is 11.3. The number of carbonyl (C=O) groups excluding carboxylic acids is 1. The zero-order chi connectivity index (χ0) is 17.7. The lowest BCUT2D eigenvalue weighted by atomic mass is 10.1. The molecular formula is C16H24N2O5S. The maximum absolute atomic E-state index is 12.1. The molecule has 0 aliphatic carbocycles. The molecule has 1 N–H and O–H groups in total. The van der Waals surface area contributed by atoms with E-state index in [9.17, 15) is 13.2 Å². The first-order valence-electron chi connectivity index (χ1n) is 7.75. The summed E-state index contributed by atoms with van der Waals surface area (Å²) < 4.78 is 35.2. The second kappa shape index (κ2) is 7.85. The van der Waals surface area contributed by atoms with Crippen LogP contribution in [0.2, 0.25) is 0 Å². The van der Waals surface area contributed by atoms with Gasteiger partial charge in [0.05, 0.1) is 20.5 Å². The van der Waals surface area contributed by atoms with Crippen LogP contribution in [0.1, 0.15) is 12.0 Å². The van der Waals surface area contributed by atoms with Crippen molar-refractivity contribution in [3.63, 3.8) is 0 Å². The zero-order valence-electron chi connectivity index (χ0n) is 14.2.